The summed E-state index contributed by atoms with van der Waals surface area (Å²) in [5.41, 5.74) is 9.01. The number of primary amides is 1. The van der Waals surface area contributed by atoms with Crippen LogP contribution in [0.3, 0.4) is 0 Å². The van der Waals surface area contributed by atoms with E-state index in [1.807, 2.05) is 0 Å². The lowest BCUT2D eigenvalue weighted by Gasteiger charge is -2.06. The maximum Gasteiger partial charge on any atom is 0.259 e. The topological polar surface area (TPSA) is 109 Å². The number of benzene rings is 1. The van der Waals surface area contributed by atoms with Crippen LogP contribution in [0.15, 0.2) is 41.8 Å². The Labute approximate surface area is 147 Å². The molecule has 0 bridgehead atoms. The SMILES string of the molecule is NC(=O)c1ccc(NCC(=O)N/N=C/c2c(Cl)cncc2Cl)cc1. The number of carbonyl (C=O) groups excluding carboxylic acids is 2. The van der Waals surface area contributed by atoms with Crippen LogP contribution in [0.5, 0.6) is 0 Å². The van der Waals surface area contributed by atoms with Crippen molar-refractivity contribution in [2.24, 2.45) is 10.8 Å². The van der Waals surface area contributed by atoms with Crippen LogP contribution in [0, 0.1) is 0 Å². The standard InChI is InChI=1S/C15H13Cl2N5O2/c16-12-6-19-7-13(17)11(12)5-21-22-14(23)8-20-10-3-1-9(2-4-10)15(18)24/h1-7,20H,8H2,(H2,18,24)(H,22,23)/b21-5+. The van der Waals surface area contributed by atoms with Gasteiger partial charge in [0.15, 0.2) is 0 Å². The van der Waals surface area contributed by atoms with Crippen LogP contribution in [0.4, 0.5) is 5.69 Å². The molecule has 2 aromatic rings. The molecule has 1 aromatic heterocycles. The lowest BCUT2D eigenvalue weighted by Crippen LogP contribution is -2.25. The summed E-state index contributed by atoms with van der Waals surface area (Å²) in [6.07, 6.45) is 4.19. The molecule has 0 atom stereocenters. The van der Waals surface area contributed by atoms with Crippen molar-refractivity contribution in [1.82, 2.24) is 10.4 Å². The lowest BCUT2D eigenvalue weighted by atomic mass is 10.2. The number of nitrogens with zero attached hydrogens (tertiary/aromatic N) is 2. The van der Waals surface area contributed by atoms with E-state index < -0.39 is 5.91 Å². The molecule has 7 nitrogen and oxygen atoms in total. The molecule has 0 radical (unpaired) electrons. The molecule has 24 heavy (non-hydrogen) atoms. The number of nitrogens with one attached hydrogen (secondary N) is 2. The quantitative estimate of drug-likeness (QED) is 0.537. The van der Waals surface area contributed by atoms with E-state index >= 15 is 0 Å². The minimum Gasteiger partial charge on any atom is -0.376 e. The second kappa shape index (κ2) is 8.28. The van der Waals surface area contributed by atoms with Gasteiger partial charge in [-0.25, -0.2) is 5.43 Å². The highest BCUT2D eigenvalue weighted by molar-refractivity contribution is 6.38. The predicted molar refractivity (Wildman–Crippen MR) is 93.4 cm³/mol. The van der Waals surface area contributed by atoms with Crippen LogP contribution >= 0.6 is 23.2 Å². The first-order valence-electron chi connectivity index (χ1n) is 6.72. The third-order valence-corrected chi connectivity index (χ3v) is 3.50. The molecular formula is C15H13Cl2N5O2. The van der Waals surface area contributed by atoms with E-state index in [1.165, 1.54) is 18.6 Å². The molecule has 4 N–H and O–H groups in total. The first-order valence-corrected chi connectivity index (χ1v) is 7.47. The summed E-state index contributed by atoms with van der Waals surface area (Å²) in [7, 11) is 0. The number of halogens is 2. The van der Waals surface area contributed by atoms with E-state index in [-0.39, 0.29) is 12.5 Å². The van der Waals surface area contributed by atoms with Gasteiger partial charge in [-0.3, -0.25) is 14.6 Å². The molecule has 0 saturated heterocycles. The minimum atomic E-state index is -0.512. The lowest BCUT2D eigenvalue weighted by molar-refractivity contribution is -0.119. The zero-order chi connectivity index (χ0) is 17.5. The first kappa shape index (κ1) is 17.7. The van der Waals surface area contributed by atoms with E-state index in [0.717, 1.165) is 0 Å². The van der Waals surface area contributed by atoms with Crippen molar-refractivity contribution in [1.29, 1.82) is 0 Å². The number of anilines is 1. The van der Waals surface area contributed by atoms with Gasteiger partial charge in [-0.1, -0.05) is 23.2 Å². The summed E-state index contributed by atoms with van der Waals surface area (Å²) in [6.45, 7) is -0.00886. The average Bonchev–Trinajstić information content (AvgIpc) is 2.56. The Morgan fingerprint density at radius 1 is 1.17 bits per heavy atom. The van der Waals surface area contributed by atoms with Crippen molar-refractivity contribution in [2.45, 2.75) is 0 Å². The van der Waals surface area contributed by atoms with Gasteiger partial charge in [-0.05, 0) is 24.3 Å². The smallest absolute Gasteiger partial charge is 0.259 e. The number of pyridine rings is 1. The molecular weight excluding hydrogens is 353 g/mol. The molecule has 0 aliphatic carbocycles. The summed E-state index contributed by atoms with van der Waals surface area (Å²) < 4.78 is 0. The van der Waals surface area contributed by atoms with Gasteiger partial charge in [-0.15, -0.1) is 0 Å². The van der Waals surface area contributed by atoms with Crippen molar-refractivity contribution >= 4 is 46.9 Å². The minimum absolute atomic E-state index is 0.00886. The molecule has 0 fully saturated rings. The molecule has 1 heterocycles. The third-order valence-electron chi connectivity index (χ3n) is 2.90. The zero-order valence-electron chi connectivity index (χ0n) is 12.3. The van der Waals surface area contributed by atoms with Gasteiger partial charge >= 0.3 is 0 Å². The average molecular weight is 366 g/mol. The van der Waals surface area contributed by atoms with Crippen molar-refractivity contribution in [2.75, 3.05) is 11.9 Å². The number of carbonyl (C=O) groups is 2. The Bertz CT molecular complexity index is 758. The molecule has 0 unspecified atom stereocenters. The molecule has 0 aliphatic heterocycles. The van der Waals surface area contributed by atoms with E-state index in [9.17, 15) is 9.59 Å². The van der Waals surface area contributed by atoms with Gasteiger partial charge in [0.05, 0.1) is 22.8 Å². The largest absolute Gasteiger partial charge is 0.376 e. The fraction of sp³-hybridized carbons (Fsp3) is 0.0667. The highest BCUT2D eigenvalue weighted by Crippen LogP contribution is 2.20. The normalized spacial score (nSPS) is 10.6. The van der Waals surface area contributed by atoms with Gasteiger partial charge in [0.1, 0.15) is 0 Å². The zero-order valence-corrected chi connectivity index (χ0v) is 13.8. The second-order valence-corrected chi connectivity index (χ2v) is 5.42. The predicted octanol–water partition coefficient (Wildman–Crippen LogP) is 2.05. The van der Waals surface area contributed by atoms with Crippen molar-refractivity contribution in [3.05, 3.63) is 57.8 Å². The van der Waals surface area contributed by atoms with Crippen LogP contribution in [0.2, 0.25) is 10.0 Å². The summed E-state index contributed by atoms with van der Waals surface area (Å²) in [6, 6.07) is 6.42. The first-order chi connectivity index (χ1) is 11.5. The van der Waals surface area contributed by atoms with Crippen LogP contribution in [0.1, 0.15) is 15.9 Å². The summed E-state index contributed by atoms with van der Waals surface area (Å²) in [5, 5.41) is 7.33. The maximum atomic E-state index is 11.7. The van der Waals surface area contributed by atoms with Crippen LogP contribution in [-0.2, 0) is 4.79 Å². The van der Waals surface area contributed by atoms with E-state index in [4.69, 9.17) is 28.9 Å². The Balaban J connectivity index is 1.85. The molecule has 2 rings (SSSR count). The van der Waals surface area contributed by atoms with Gasteiger partial charge in [0.25, 0.3) is 5.91 Å². The van der Waals surface area contributed by atoms with Crippen molar-refractivity contribution in [3.63, 3.8) is 0 Å². The molecule has 124 valence electrons. The highest BCUT2D eigenvalue weighted by Gasteiger charge is 2.04. The highest BCUT2D eigenvalue weighted by atomic mass is 35.5. The van der Waals surface area contributed by atoms with Gasteiger partial charge < -0.3 is 11.1 Å². The van der Waals surface area contributed by atoms with Crippen LogP contribution in [-0.4, -0.2) is 29.6 Å². The number of aromatic nitrogens is 1. The van der Waals surface area contributed by atoms with Gasteiger partial charge in [0, 0.05) is 29.2 Å². The Morgan fingerprint density at radius 2 is 1.79 bits per heavy atom. The number of hydrazone groups is 1. The summed E-state index contributed by atoms with van der Waals surface area (Å²) in [4.78, 5) is 26.5. The number of hydrogen-bond acceptors (Lipinski definition) is 5. The van der Waals surface area contributed by atoms with Crippen LogP contribution in [0.25, 0.3) is 0 Å². The molecule has 0 saturated carbocycles. The van der Waals surface area contributed by atoms with Gasteiger partial charge in [0.2, 0.25) is 5.91 Å². The Morgan fingerprint density at radius 3 is 2.38 bits per heavy atom. The van der Waals surface area contributed by atoms with E-state index in [0.29, 0.717) is 26.9 Å². The van der Waals surface area contributed by atoms with E-state index in [1.54, 1.807) is 24.3 Å². The fourth-order valence-electron chi connectivity index (χ4n) is 1.69. The molecule has 2 amide bonds. The molecule has 0 aliphatic rings. The summed E-state index contributed by atoms with van der Waals surface area (Å²) >= 11 is 11.8. The molecule has 1 aromatic carbocycles. The monoisotopic (exact) mass is 365 g/mol. The third kappa shape index (κ3) is 4.94. The Kier molecular flexibility index (Phi) is 6.11. The fourth-order valence-corrected chi connectivity index (χ4v) is 2.15. The Hall–Kier alpha value is -2.64. The van der Waals surface area contributed by atoms with Crippen molar-refractivity contribution < 1.29 is 9.59 Å². The number of rotatable bonds is 6. The number of hydrogen-bond donors (Lipinski definition) is 3. The molecule has 9 heteroatoms. The van der Waals surface area contributed by atoms with Crippen LogP contribution < -0.4 is 16.5 Å². The van der Waals surface area contributed by atoms with Crippen molar-refractivity contribution in [3.8, 4) is 0 Å². The van der Waals surface area contributed by atoms with E-state index in [2.05, 4.69) is 20.8 Å². The number of nitrogens with two attached hydrogens (primary N) is 1. The second-order valence-electron chi connectivity index (χ2n) is 4.61. The maximum absolute atomic E-state index is 11.7. The van der Waals surface area contributed by atoms with Gasteiger partial charge in [-0.2, -0.15) is 5.10 Å². The summed E-state index contributed by atoms with van der Waals surface area (Å²) in [5.74, 6) is -0.881. The number of amides is 2. The molecule has 0 spiro atoms.